The third kappa shape index (κ3) is 7.11. The predicted molar refractivity (Wildman–Crippen MR) is 147 cm³/mol. The van der Waals surface area contributed by atoms with Crippen molar-refractivity contribution >= 4 is 29.8 Å². The van der Waals surface area contributed by atoms with Crippen molar-refractivity contribution in [3.05, 3.63) is 35.4 Å². The summed E-state index contributed by atoms with van der Waals surface area (Å²) in [4.78, 5) is 53.2. The molecule has 1 atom stereocenters. The van der Waals surface area contributed by atoms with Crippen molar-refractivity contribution in [3.63, 3.8) is 0 Å². The van der Waals surface area contributed by atoms with Crippen LogP contribution in [0.4, 0.5) is 4.79 Å². The van der Waals surface area contributed by atoms with Crippen molar-refractivity contribution in [2.24, 2.45) is 28.2 Å². The third-order valence-corrected chi connectivity index (χ3v) is 8.74. The van der Waals surface area contributed by atoms with Gasteiger partial charge in [0, 0.05) is 37.0 Å². The topological polar surface area (TPSA) is 158 Å². The zero-order chi connectivity index (χ0) is 28.1. The number of carbonyl (C=O) groups excluding carboxylic acids is 3. The summed E-state index contributed by atoms with van der Waals surface area (Å²) in [6.45, 7) is 1.53. The summed E-state index contributed by atoms with van der Waals surface area (Å²) in [6, 6.07) is 5.45. The smallest absolute Gasteiger partial charge is 0.407 e. The van der Waals surface area contributed by atoms with Crippen LogP contribution in [-0.2, 0) is 20.7 Å². The zero-order valence-electron chi connectivity index (χ0n) is 22.7. The molecule has 4 saturated carbocycles. The van der Waals surface area contributed by atoms with E-state index in [2.05, 4.69) is 26.3 Å². The number of guanidine groups is 1. The van der Waals surface area contributed by atoms with E-state index in [1.807, 2.05) is 0 Å². The Labute approximate surface area is 233 Å². The fraction of sp³-hybridized carbons (Fsp3) is 0.621. The van der Waals surface area contributed by atoms with Gasteiger partial charge in [0.25, 0.3) is 5.91 Å². The Morgan fingerprint density at radius 2 is 1.73 bits per heavy atom. The van der Waals surface area contributed by atoms with Gasteiger partial charge < -0.3 is 25.8 Å². The maximum Gasteiger partial charge on any atom is 0.407 e. The van der Waals surface area contributed by atoms with Gasteiger partial charge in [-0.25, -0.2) is 9.59 Å². The van der Waals surface area contributed by atoms with Crippen LogP contribution in [0.1, 0.15) is 67.3 Å². The lowest BCUT2D eigenvalue weighted by Crippen LogP contribution is -2.51. The standard InChI is InChI=1S/C29H39N5O6/c35-24(34-27-30-8-1-9-31-27)7-4-18-2-5-22(6-3-18)25(36)32-16-23(26(37)38)33-28(39)40-17-29-13-19-10-20(14-29)12-21(11-19)15-29/h2-3,5-6,19-21,23H,1,4,7-17H2,(H,32,36)(H,33,39)(H,37,38)(H2,30,31,34,35)/t19?,20?,21?,23-,29?/m0/s1. The second-order valence-corrected chi connectivity index (χ2v) is 12.0. The van der Waals surface area contributed by atoms with Gasteiger partial charge in [-0.05, 0) is 86.8 Å². The number of carbonyl (C=O) groups is 4. The van der Waals surface area contributed by atoms with Crippen molar-refractivity contribution in [1.29, 1.82) is 0 Å². The summed E-state index contributed by atoms with van der Waals surface area (Å²) >= 11 is 0. The molecule has 1 aromatic carbocycles. The van der Waals surface area contributed by atoms with E-state index in [-0.39, 0.29) is 24.3 Å². The second kappa shape index (κ2) is 12.3. The number of nitrogens with one attached hydrogen (secondary N) is 4. The van der Waals surface area contributed by atoms with Gasteiger partial charge in [0.1, 0.15) is 6.04 Å². The number of benzene rings is 1. The fourth-order valence-corrected chi connectivity index (χ4v) is 7.26. The SMILES string of the molecule is O=C(CCc1ccc(C(=O)NC[C@H](NC(=O)OCC23CC4CC(CC(C4)C2)C3)C(=O)O)cc1)NC1=NCCCN1. The molecule has 0 saturated heterocycles. The minimum Gasteiger partial charge on any atom is -0.480 e. The molecule has 6 rings (SSSR count). The highest BCUT2D eigenvalue weighted by atomic mass is 16.5. The highest BCUT2D eigenvalue weighted by Gasteiger charge is 2.51. The zero-order valence-corrected chi connectivity index (χ0v) is 22.7. The lowest BCUT2D eigenvalue weighted by atomic mass is 9.50. The van der Waals surface area contributed by atoms with E-state index in [0.29, 0.717) is 31.1 Å². The van der Waals surface area contributed by atoms with E-state index in [4.69, 9.17) is 4.74 Å². The Kier molecular flexibility index (Phi) is 8.56. The lowest BCUT2D eigenvalue weighted by molar-refractivity contribution is -0.139. The first kappa shape index (κ1) is 27.9. The Bertz CT molecular complexity index is 1110. The molecule has 0 radical (unpaired) electrons. The molecule has 3 amide bonds. The number of ether oxygens (including phenoxy) is 1. The predicted octanol–water partition coefficient (Wildman–Crippen LogP) is 2.21. The van der Waals surface area contributed by atoms with Gasteiger partial charge >= 0.3 is 12.1 Å². The highest BCUT2D eigenvalue weighted by molar-refractivity contribution is 5.97. The Morgan fingerprint density at radius 1 is 1.05 bits per heavy atom. The van der Waals surface area contributed by atoms with Crippen LogP contribution in [0.3, 0.4) is 0 Å². The lowest BCUT2D eigenvalue weighted by Gasteiger charge is -2.56. The number of aryl methyl sites for hydroxylation is 1. The molecule has 0 aromatic heterocycles. The van der Waals surface area contributed by atoms with Gasteiger partial charge in [-0.3, -0.25) is 19.9 Å². The van der Waals surface area contributed by atoms with Crippen LogP contribution in [0.25, 0.3) is 0 Å². The molecule has 0 spiro atoms. The van der Waals surface area contributed by atoms with Crippen LogP contribution < -0.4 is 21.3 Å². The van der Waals surface area contributed by atoms with E-state index >= 15 is 0 Å². The summed E-state index contributed by atoms with van der Waals surface area (Å²) in [5.74, 6) is 0.843. The van der Waals surface area contributed by atoms with Gasteiger partial charge in [0.15, 0.2) is 5.96 Å². The van der Waals surface area contributed by atoms with E-state index in [1.165, 1.54) is 19.3 Å². The van der Waals surface area contributed by atoms with Crippen molar-refractivity contribution in [1.82, 2.24) is 21.3 Å². The molecule has 11 nitrogen and oxygen atoms in total. The first-order valence-corrected chi connectivity index (χ1v) is 14.4. The highest BCUT2D eigenvalue weighted by Crippen LogP contribution is 2.60. The van der Waals surface area contributed by atoms with E-state index in [1.54, 1.807) is 24.3 Å². The Balaban J connectivity index is 1.04. The van der Waals surface area contributed by atoms with Crippen molar-refractivity contribution < 1.29 is 29.0 Å². The van der Waals surface area contributed by atoms with Crippen molar-refractivity contribution in [2.45, 2.75) is 63.8 Å². The average Bonchev–Trinajstić information content (AvgIpc) is 2.93. The molecule has 0 unspecified atom stereocenters. The molecule has 5 N–H and O–H groups in total. The largest absolute Gasteiger partial charge is 0.480 e. The summed E-state index contributed by atoms with van der Waals surface area (Å²) in [6.07, 6.45) is 8.09. The third-order valence-electron chi connectivity index (χ3n) is 8.74. The van der Waals surface area contributed by atoms with Gasteiger partial charge in [-0.15, -0.1) is 0 Å². The molecule has 40 heavy (non-hydrogen) atoms. The van der Waals surface area contributed by atoms with Gasteiger partial charge in [-0.1, -0.05) is 12.1 Å². The summed E-state index contributed by atoms with van der Waals surface area (Å²) < 4.78 is 5.53. The van der Waals surface area contributed by atoms with Crippen LogP contribution in [0.2, 0.25) is 0 Å². The molecule has 11 heteroatoms. The number of carboxylic acid groups (broad SMARTS) is 1. The van der Waals surface area contributed by atoms with Gasteiger partial charge in [-0.2, -0.15) is 0 Å². The minimum absolute atomic E-state index is 0.0381. The van der Waals surface area contributed by atoms with E-state index in [9.17, 15) is 24.3 Å². The molecular weight excluding hydrogens is 514 g/mol. The van der Waals surface area contributed by atoms with E-state index in [0.717, 1.165) is 55.5 Å². The molecule has 4 aliphatic carbocycles. The number of aliphatic carboxylic acids is 1. The molecule has 4 bridgehead atoms. The Hall–Kier alpha value is -3.63. The fourth-order valence-electron chi connectivity index (χ4n) is 7.26. The van der Waals surface area contributed by atoms with Crippen LogP contribution in [0.15, 0.2) is 29.3 Å². The van der Waals surface area contributed by atoms with Crippen LogP contribution >= 0.6 is 0 Å². The molecular formula is C29H39N5O6. The maximum absolute atomic E-state index is 12.6. The summed E-state index contributed by atoms with van der Waals surface area (Å²) in [5, 5.41) is 20.4. The second-order valence-electron chi connectivity index (χ2n) is 12.0. The van der Waals surface area contributed by atoms with Crippen LogP contribution in [0.5, 0.6) is 0 Å². The average molecular weight is 554 g/mol. The minimum atomic E-state index is -1.31. The van der Waals surface area contributed by atoms with Gasteiger partial charge in [0.2, 0.25) is 5.91 Å². The normalized spacial score (nSPS) is 27.1. The Morgan fingerprint density at radius 3 is 2.33 bits per heavy atom. The number of aliphatic imine (C=N–C) groups is 1. The van der Waals surface area contributed by atoms with E-state index < -0.39 is 24.0 Å². The van der Waals surface area contributed by atoms with Crippen LogP contribution in [0, 0.1) is 23.2 Å². The molecule has 216 valence electrons. The van der Waals surface area contributed by atoms with Gasteiger partial charge in [0.05, 0.1) is 6.61 Å². The molecule has 1 heterocycles. The first-order valence-electron chi connectivity index (χ1n) is 14.4. The van der Waals surface area contributed by atoms with Crippen molar-refractivity contribution in [3.8, 4) is 0 Å². The first-order chi connectivity index (χ1) is 19.3. The number of nitrogens with zero attached hydrogens (tertiary/aromatic N) is 1. The summed E-state index contributed by atoms with van der Waals surface area (Å²) in [5.41, 5.74) is 1.27. The molecule has 5 aliphatic rings. The number of hydrogen-bond donors (Lipinski definition) is 5. The number of rotatable bonds is 10. The maximum atomic E-state index is 12.6. The van der Waals surface area contributed by atoms with Crippen molar-refractivity contribution in [2.75, 3.05) is 26.2 Å². The summed E-state index contributed by atoms with van der Waals surface area (Å²) in [7, 11) is 0. The monoisotopic (exact) mass is 553 g/mol. The molecule has 1 aliphatic heterocycles. The molecule has 1 aromatic rings. The number of alkyl carbamates (subject to hydrolysis) is 1. The van der Waals surface area contributed by atoms with Crippen LogP contribution in [-0.4, -0.2) is 67.2 Å². The number of amides is 3. The number of hydrogen-bond acceptors (Lipinski definition) is 7. The molecule has 4 fully saturated rings. The quantitative estimate of drug-likeness (QED) is 0.297. The number of carboxylic acids is 1.